The van der Waals surface area contributed by atoms with Crippen molar-refractivity contribution >= 4 is 51.4 Å². The molecule has 1 heterocycles. The summed E-state index contributed by atoms with van der Waals surface area (Å²) < 4.78 is 0.730. The van der Waals surface area contributed by atoms with Gasteiger partial charge in [0.15, 0.2) is 4.34 Å². The van der Waals surface area contributed by atoms with E-state index in [1.807, 2.05) is 19.1 Å². The van der Waals surface area contributed by atoms with Crippen LogP contribution in [0, 0.1) is 0 Å². The fraction of sp³-hybridized carbons (Fsp3) is 0.214. The van der Waals surface area contributed by atoms with Crippen LogP contribution in [-0.4, -0.2) is 27.9 Å². The summed E-state index contributed by atoms with van der Waals surface area (Å²) in [5, 5.41) is 14.8. The highest BCUT2D eigenvalue weighted by Crippen LogP contribution is 2.30. The number of benzene rings is 1. The molecule has 22 heavy (non-hydrogen) atoms. The van der Waals surface area contributed by atoms with Gasteiger partial charge in [-0.15, -0.1) is 16.8 Å². The van der Waals surface area contributed by atoms with Gasteiger partial charge < -0.3 is 10.6 Å². The first-order chi connectivity index (χ1) is 10.6. The molecule has 5 nitrogen and oxygen atoms in total. The third-order valence-corrected chi connectivity index (χ3v) is 4.98. The molecule has 8 heteroatoms. The number of carbonyl (C=O) groups excluding carboxylic acids is 1. The van der Waals surface area contributed by atoms with E-state index in [4.69, 9.17) is 11.6 Å². The number of para-hydroxylation sites is 1. The second-order valence-electron chi connectivity index (χ2n) is 4.27. The van der Waals surface area contributed by atoms with Crippen molar-refractivity contribution in [1.82, 2.24) is 10.2 Å². The number of rotatable bonds is 7. The van der Waals surface area contributed by atoms with Crippen molar-refractivity contribution in [2.75, 3.05) is 17.2 Å². The lowest BCUT2D eigenvalue weighted by Crippen LogP contribution is -2.22. The van der Waals surface area contributed by atoms with E-state index < -0.39 is 0 Å². The van der Waals surface area contributed by atoms with E-state index in [-0.39, 0.29) is 11.2 Å². The maximum Gasteiger partial charge on any atom is 0.237 e. The van der Waals surface area contributed by atoms with Gasteiger partial charge in [-0.2, -0.15) is 0 Å². The van der Waals surface area contributed by atoms with Crippen LogP contribution in [0.4, 0.5) is 10.8 Å². The Labute approximate surface area is 142 Å². The SMILES string of the molecule is C=CCNc1nnc(S[C@@H](C)C(=O)Nc2ccccc2Cl)s1. The standard InChI is InChI=1S/C14H15ClN4OS2/c1-3-8-16-13-18-19-14(22-13)21-9(2)12(20)17-11-7-5-4-6-10(11)15/h3-7,9H,1,8H2,2H3,(H,16,18)(H,17,20)/t9-/m0/s1. The quantitative estimate of drug-likeness (QED) is 0.583. The zero-order valence-electron chi connectivity index (χ0n) is 11.9. The molecule has 0 saturated heterocycles. The number of nitrogens with one attached hydrogen (secondary N) is 2. The molecule has 0 radical (unpaired) electrons. The third-order valence-electron chi connectivity index (χ3n) is 2.58. The Bertz CT molecular complexity index is 662. The minimum Gasteiger partial charge on any atom is -0.357 e. The van der Waals surface area contributed by atoms with Crippen molar-refractivity contribution in [1.29, 1.82) is 0 Å². The minimum atomic E-state index is -0.309. The average molecular weight is 355 g/mol. The van der Waals surface area contributed by atoms with Crippen molar-refractivity contribution < 1.29 is 4.79 Å². The molecule has 0 spiro atoms. The number of anilines is 2. The number of hydrogen-bond donors (Lipinski definition) is 2. The summed E-state index contributed by atoms with van der Waals surface area (Å²) in [5.74, 6) is -0.131. The van der Waals surface area contributed by atoms with Crippen molar-refractivity contribution in [2.24, 2.45) is 0 Å². The van der Waals surface area contributed by atoms with Gasteiger partial charge in [0.05, 0.1) is 16.0 Å². The van der Waals surface area contributed by atoms with Crippen LogP contribution in [0.5, 0.6) is 0 Å². The number of hydrogen-bond acceptors (Lipinski definition) is 6. The molecule has 0 saturated carbocycles. The minimum absolute atomic E-state index is 0.131. The molecule has 0 bridgehead atoms. The smallest absolute Gasteiger partial charge is 0.237 e. The van der Waals surface area contributed by atoms with Gasteiger partial charge in [-0.25, -0.2) is 0 Å². The molecule has 0 fully saturated rings. The summed E-state index contributed by atoms with van der Waals surface area (Å²) in [5.41, 5.74) is 0.604. The van der Waals surface area contributed by atoms with Crippen LogP contribution in [0.3, 0.4) is 0 Å². The predicted octanol–water partition coefficient (Wildman–Crippen LogP) is 3.91. The van der Waals surface area contributed by atoms with Crippen LogP contribution < -0.4 is 10.6 Å². The van der Waals surface area contributed by atoms with Crippen LogP contribution in [0.2, 0.25) is 5.02 Å². The van der Waals surface area contributed by atoms with Crippen LogP contribution in [0.25, 0.3) is 0 Å². The Balaban J connectivity index is 1.92. The van der Waals surface area contributed by atoms with Crippen LogP contribution in [0.15, 0.2) is 41.3 Å². The zero-order chi connectivity index (χ0) is 15.9. The first-order valence-electron chi connectivity index (χ1n) is 6.50. The van der Waals surface area contributed by atoms with E-state index in [1.54, 1.807) is 18.2 Å². The number of nitrogens with zero attached hydrogens (tertiary/aromatic N) is 2. The summed E-state index contributed by atoms with van der Waals surface area (Å²) in [6.45, 7) is 6.07. The molecular formula is C14H15ClN4OS2. The topological polar surface area (TPSA) is 66.9 Å². The van der Waals surface area contributed by atoms with Gasteiger partial charge in [0, 0.05) is 6.54 Å². The van der Waals surface area contributed by atoms with Gasteiger partial charge in [0.2, 0.25) is 11.0 Å². The van der Waals surface area contributed by atoms with E-state index in [0.717, 1.165) is 4.34 Å². The van der Waals surface area contributed by atoms with E-state index in [9.17, 15) is 4.79 Å². The molecule has 0 unspecified atom stereocenters. The highest BCUT2D eigenvalue weighted by molar-refractivity contribution is 8.02. The Morgan fingerprint density at radius 3 is 3.00 bits per heavy atom. The summed E-state index contributed by atoms with van der Waals surface area (Å²) >= 11 is 8.79. The van der Waals surface area contributed by atoms with Crippen molar-refractivity contribution in [3.8, 4) is 0 Å². The fourth-order valence-electron chi connectivity index (χ4n) is 1.49. The third kappa shape index (κ3) is 4.72. The second-order valence-corrected chi connectivity index (χ2v) is 7.24. The molecule has 0 aliphatic heterocycles. The lowest BCUT2D eigenvalue weighted by molar-refractivity contribution is -0.115. The first kappa shape index (κ1) is 16.8. The number of amides is 1. The summed E-state index contributed by atoms with van der Waals surface area (Å²) in [6, 6.07) is 7.13. The lowest BCUT2D eigenvalue weighted by Gasteiger charge is -2.11. The van der Waals surface area contributed by atoms with Gasteiger partial charge in [-0.1, -0.05) is 52.9 Å². The monoisotopic (exact) mass is 354 g/mol. The Morgan fingerprint density at radius 2 is 2.27 bits per heavy atom. The van der Waals surface area contributed by atoms with Crippen LogP contribution >= 0.6 is 34.7 Å². The molecule has 116 valence electrons. The second kappa shape index (κ2) is 8.17. The Morgan fingerprint density at radius 1 is 1.50 bits per heavy atom. The zero-order valence-corrected chi connectivity index (χ0v) is 14.3. The number of thioether (sulfide) groups is 1. The molecule has 2 rings (SSSR count). The maximum atomic E-state index is 12.2. The van der Waals surface area contributed by atoms with Crippen LogP contribution in [-0.2, 0) is 4.79 Å². The van der Waals surface area contributed by atoms with Gasteiger partial charge in [0.1, 0.15) is 0 Å². The average Bonchev–Trinajstić information content (AvgIpc) is 2.94. The molecule has 2 aromatic rings. The maximum absolute atomic E-state index is 12.2. The van der Waals surface area contributed by atoms with Gasteiger partial charge >= 0.3 is 0 Å². The van der Waals surface area contributed by atoms with Gasteiger partial charge in [0.25, 0.3) is 0 Å². The van der Waals surface area contributed by atoms with Crippen LogP contribution in [0.1, 0.15) is 6.92 Å². The molecule has 1 aromatic heterocycles. The lowest BCUT2D eigenvalue weighted by atomic mass is 10.3. The molecule has 2 N–H and O–H groups in total. The van der Waals surface area contributed by atoms with Gasteiger partial charge in [-0.05, 0) is 19.1 Å². The van der Waals surface area contributed by atoms with E-state index >= 15 is 0 Å². The fourth-order valence-corrected chi connectivity index (χ4v) is 3.58. The molecule has 1 aromatic carbocycles. The normalized spacial score (nSPS) is 11.7. The number of halogens is 1. The molecule has 0 aliphatic carbocycles. The van der Waals surface area contributed by atoms with E-state index in [0.29, 0.717) is 22.4 Å². The first-order valence-corrected chi connectivity index (χ1v) is 8.58. The molecule has 0 aliphatic rings. The molecule has 1 amide bonds. The predicted molar refractivity (Wildman–Crippen MR) is 94.0 cm³/mol. The number of carbonyl (C=O) groups is 1. The highest BCUT2D eigenvalue weighted by Gasteiger charge is 2.18. The molecule has 1 atom stereocenters. The van der Waals surface area contributed by atoms with E-state index in [2.05, 4.69) is 27.4 Å². The van der Waals surface area contributed by atoms with Gasteiger partial charge in [-0.3, -0.25) is 4.79 Å². The Hall–Kier alpha value is -1.57. The van der Waals surface area contributed by atoms with Crippen molar-refractivity contribution in [3.63, 3.8) is 0 Å². The Kier molecular flexibility index (Phi) is 6.23. The van der Waals surface area contributed by atoms with Crippen molar-refractivity contribution in [3.05, 3.63) is 41.9 Å². The summed E-state index contributed by atoms with van der Waals surface area (Å²) in [7, 11) is 0. The largest absolute Gasteiger partial charge is 0.357 e. The summed E-state index contributed by atoms with van der Waals surface area (Å²) in [4.78, 5) is 12.2. The van der Waals surface area contributed by atoms with Crippen molar-refractivity contribution in [2.45, 2.75) is 16.5 Å². The molecular weight excluding hydrogens is 340 g/mol. The highest BCUT2D eigenvalue weighted by atomic mass is 35.5. The van der Waals surface area contributed by atoms with E-state index in [1.165, 1.54) is 23.1 Å². The number of aromatic nitrogens is 2. The summed E-state index contributed by atoms with van der Waals surface area (Å²) in [6.07, 6.45) is 1.74.